The molecule has 0 aromatic carbocycles. The van der Waals surface area contributed by atoms with Crippen molar-refractivity contribution >= 4 is 5.91 Å². The van der Waals surface area contributed by atoms with E-state index >= 15 is 0 Å². The van der Waals surface area contributed by atoms with E-state index in [1.54, 1.807) is 6.92 Å². The maximum Gasteiger partial charge on any atom is 0.217 e. The maximum absolute atomic E-state index is 11.4. The van der Waals surface area contributed by atoms with Crippen LogP contribution in [0.4, 0.5) is 0 Å². The van der Waals surface area contributed by atoms with Gasteiger partial charge in [-0.3, -0.25) is 4.79 Å². The van der Waals surface area contributed by atoms with Gasteiger partial charge in [-0.25, -0.2) is 0 Å². The average Bonchev–Trinajstić information content (AvgIpc) is 2.78. The summed E-state index contributed by atoms with van der Waals surface area (Å²) in [7, 11) is 0. The third kappa shape index (κ3) is 4.40. The molecule has 5 aliphatic carbocycles. The van der Waals surface area contributed by atoms with E-state index in [0.717, 1.165) is 17.8 Å². The van der Waals surface area contributed by atoms with Crippen LogP contribution in [0, 0.1) is 23.2 Å². The Kier molecular flexibility index (Phi) is 6.19. The van der Waals surface area contributed by atoms with Gasteiger partial charge >= 0.3 is 0 Å². The first-order valence-electron chi connectivity index (χ1n) is 12.4. The van der Waals surface area contributed by atoms with E-state index < -0.39 is 0 Å². The van der Waals surface area contributed by atoms with E-state index in [1.165, 1.54) is 116 Å². The molecule has 0 aromatic rings. The first-order valence-corrected chi connectivity index (χ1v) is 12.4. The molecule has 2 atom stereocenters. The Morgan fingerprint density at radius 3 is 1.70 bits per heavy atom. The van der Waals surface area contributed by atoms with Gasteiger partial charge in [-0.2, -0.15) is 0 Å². The lowest BCUT2D eigenvalue weighted by Crippen LogP contribution is -2.76. The molecule has 5 fully saturated rings. The van der Waals surface area contributed by atoms with Gasteiger partial charge in [0.15, 0.2) is 0 Å². The number of carbonyl (C=O) groups is 1. The molecule has 5 saturated carbocycles. The number of amides is 1. The Morgan fingerprint density at radius 1 is 0.667 bits per heavy atom. The molecule has 1 N–H and O–H groups in total. The summed E-state index contributed by atoms with van der Waals surface area (Å²) < 4.78 is 0. The molecule has 2 nitrogen and oxygen atoms in total. The van der Waals surface area contributed by atoms with Crippen molar-refractivity contribution in [2.45, 2.75) is 128 Å². The lowest BCUT2D eigenvalue weighted by Gasteiger charge is -2.73. The summed E-state index contributed by atoms with van der Waals surface area (Å²) in [5.74, 6) is 3.20. The van der Waals surface area contributed by atoms with Gasteiger partial charge in [0.1, 0.15) is 0 Å². The molecule has 1 amide bonds. The van der Waals surface area contributed by atoms with Crippen molar-refractivity contribution in [1.82, 2.24) is 5.32 Å². The molecule has 5 aliphatic rings. The third-order valence-electron chi connectivity index (χ3n) is 8.95. The third-order valence-corrected chi connectivity index (χ3v) is 8.95. The fourth-order valence-corrected chi connectivity index (χ4v) is 7.74. The highest BCUT2D eigenvalue weighted by Crippen LogP contribution is 2.72. The quantitative estimate of drug-likeness (QED) is 0.581. The largest absolute Gasteiger partial charge is 0.351 e. The van der Waals surface area contributed by atoms with Gasteiger partial charge in [0.05, 0.1) is 0 Å². The molecule has 27 heavy (non-hydrogen) atoms. The minimum atomic E-state index is 0.176. The Labute approximate surface area is 167 Å². The van der Waals surface area contributed by atoms with Crippen molar-refractivity contribution in [3.8, 4) is 0 Å². The minimum Gasteiger partial charge on any atom is -0.351 e. The molecule has 2 heteroatoms. The van der Waals surface area contributed by atoms with Gasteiger partial charge in [-0.05, 0) is 55.3 Å². The molecular formula is C25H43NO. The smallest absolute Gasteiger partial charge is 0.217 e. The van der Waals surface area contributed by atoms with Crippen LogP contribution in [-0.2, 0) is 4.79 Å². The van der Waals surface area contributed by atoms with E-state index in [2.05, 4.69) is 5.32 Å². The highest BCUT2D eigenvalue weighted by Gasteiger charge is 2.70. The second-order valence-corrected chi connectivity index (χ2v) is 11.0. The SMILES string of the molecule is CC(=O)NC12CC(C3CCCCC(C4CCCCCCCC4)CCC3)(C1)C2. The van der Waals surface area contributed by atoms with Gasteiger partial charge in [-0.15, -0.1) is 0 Å². The average molecular weight is 374 g/mol. The number of rotatable bonds is 3. The second-order valence-electron chi connectivity index (χ2n) is 11.0. The first kappa shape index (κ1) is 19.8. The normalized spacial score (nSPS) is 41.4. The molecule has 0 radical (unpaired) electrons. The number of hydrogen-bond acceptors (Lipinski definition) is 1. The maximum atomic E-state index is 11.4. The Balaban J connectivity index is 1.28. The van der Waals surface area contributed by atoms with Crippen molar-refractivity contribution in [1.29, 1.82) is 0 Å². The molecule has 2 bridgehead atoms. The summed E-state index contributed by atoms with van der Waals surface area (Å²) in [5.41, 5.74) is 0.852. The minimum absolute atomic E-state index is 0.176. The van der Waals surface area contributed by atoms with Crippen LogP contribution in [0.15, 0.2) is 0 Å². The van der Waals surface area contributed by atoms with Crippen LogP contribution < -0.4 is 5.32 Å². The molecule has 0 aliphatic heterocycles. The van der Waals surface area contributed by atoms with E-state index in [1.807, 2.05) is 0 Å². The van der Waals surface area contributed by atoms with Crippen molar-refractivity contribution in [3.63, 3.8) is 0 Å². The zero-order valence-corrected chi connectivity index (χ0v) is 17.9. The van der Waals surface area contributed by atoms with Crippen LogP contribution in [0.2, 0.25) is 0 Å². The first-order chi connectivity index (χ1) is 13.1. The zero-order chi connectivity index (χ0) is 18.7. The van der Waals surface area contributed by atoms with E-state index in [4.69, 9.17) is 0 Å². The van der Waals surface area contributed by atoms with Gasteiger partial charge < -0.3 is 5.32 Å². The van der Waals surface area contributed by atoms with E-state index in [0.29, 0.717) is 5.41 Å². The molecule has 0 aromatic heterocycles. The van der Waals surface area contributed by atoms with Crippen molar-refractivity contribution in [2.24, 2.45) is 23.2 Å². The van der Waals surface area contributed by atoms with E-state index in [9.17, 15) is 4.79 Å². The van der Waals surface area contributed by atoms with Crippen LogP contribution in [0.3, 0.4) is 0 Å². The lowest BCUT2D eigenvalue weighted by molar-refractivity contribution is -0.196. The summed E-state index contributed by atoms with van der Waals surface area (Å²) in [6.45, 7) is 1.69. The van der Waals surface area contributed by atoms with E-state index in [-0.39, 0.29) is 11.4 Å². The van der Waals surface area contributed by atoms with Gasteiger partial charge in [0.2, 0.25) is 5.91 Å². The number of hydrogen-bond donors (Lipinski definition) is 1. The summed E-state index contributed by atoms with van der Waals surface area (Å²) in [5, 5.41) is 3.25. The molecule has 5 rings (SSSR count). The molecule has 2 unspecified atom stereocenters. The van der Waals surface area contributed by atoms with Gasteiger partial charge in [-0.1, -0.05) is 83.5 Å². The zero-order valence-electron chi connectivity index (χ0n) is 17.9. The van der Waals surface area contributed by atoms with Gasteiger partial charge in [0, 0.05) is 12.5 Å². The summed E-state index contributed by atoms with van der Waals surface area (Å²) in [6.07, 6.45) is 26.2. The predicted molar refractivity (Wildman–Crippen MR) is 113 cm³/mol. The number of nitrogens with one attached hydrogen (secondary N) is 1. The van der Waals surface area contributed by atoms with Crippen LogP contribution in [0.25, 0.3) is 0 Å². The molecule has 0 heterocycles. The molecule has 154 valence electrons. The summed E-state index contributed by atoms with van der Waals surface area (Å²) >= 11 is 0. The molecular weight excluding hydrogens is 330 g/mol. The lowest BCUT2D eigenvalue weighted by atomic mass is 9.35. The fraction of sp³-hybridized carbons (Fsp3) is 0.960. The van der Waals surface area contributed by atoms with Crippen molar-refractivity contribution < 1.29 is 4.79 Å². The summed E-state index contributed by atoms with van der Waals surface area (Å²) in [6, 6.07) is 0. The van der Waals surface area contributed by atoms with Crippen molar-refractivity contribution in [3.05, 3.63) is 0 Å². The Morgan fingerprint density at radius 2 is 1.11 bits per heavy atom. The number of carbonyl (C=O) groups excluding carboxylic acids is 1. The molecule has 0 saturated heterocycles. The predicted octanol–water partition coefficient (Wildman–Crippen LogP) is 6.77. The van der Waals surface area contributed by atoms with Gasteiger partial charge in [0.25, 0.3) is 0 Å². The van der Waals surface area contributed by atoms with Crippen LogP contribution in [0.5, 0.6) is 0 Å². The highest BCUT2D eigenvalue weighted by atomic mass is 16.1. The topological polar surface area (TPSA) is 29.1 Å². The van der Waals surface area contributed by atoms with Crippen LogP contribution in [0.1, 0.15) is 122 Å². The van der Waals surface area contributed by atoms with Crippen molar-refractivity contribution in [2.75, 3.05) is 0 Å². The monoisotopic (exact) mass is 373 g/mol. The second kappa shape index (κ2) is 8.46. The fourth-order valence-electron chi connectivity index (χ4n) is 7.74. The standard InChI is InChI=1S/C25H43NO/c1-20(27)26-25-17-24(18-25,19-25)23-15-9-8-13-22(14-10-16-23)21-11-6-4-2-3-5-7-12-21/h21-23H,2-19H2,1H3,(H,26,27). The highest BCUT2D eigenvalue weighted by molar-refractivity contribution is 5.74. The van der Waals surface area contributed by atoms with Crippen LogP contribution >= 0.6 is 0 Å². The summed E-state index contributed by atoms with van der Waals surface area (Å²) in [4.78, 5) is 11.4. The Hall–Kier alpha value is -0.530. The van der Waals surface area contributed by atoms with Crippen LogP contribution in [-0.4, -0.2) is 11.4 Å². The molecule has 0 spiro atoms. The Bertz CT molecular complexity index is 483.